The van der Waals surface area contributed by atoms with Crippen LogP contribution in [0.5, 0.6) is 0 Å². The summed E-state index contributed by atoms with van der Waals surface area (Å²) in [5.74, 6) is 0. The lowest BCUT2D eigenvalue weighted by Gasteiger charge is -2.16. The van der Waals surface area contributed by atoms with Crippen molar-refractivity contribution in [3.05, 3.63) is 18.6 Å². The summed E-state index contributed by atoms with van der Waals surface area (Å²) in [6, 6.07) is 1.42. The van der Waals surface area contributed by atoms with E-state index in [-0.39, 0.29) is 5.03 Å². The highest BCUT2D eigenvalue weighted by Gasteiger charge is 2.39. The topological polar surface area (TPSA) is 51.8 Å². The first-order valence-corrected chi connectivity index (χ1v) is 4.61. The van der Waals surface area contributed by atoms with Gasteiger partial charge in [-0.05, 0) is 6.07 Å². The molecule has 3 nitrogen and oxygen atoms in total. The molecule has 0 fully saturated rings. The molecule has 0 bridgehead atoms. The first kappa shape index (κ1) is 11.3. The highest BCUT2D eigenvalue weighted by atomic mass is 32.2. The highest BCUT2D eigenvalue weighted by Crippen LogP contribution is 2.33. The van der Waals surface area contributed by atoms with Gasteiger partial charge < -0.3 is 5.73 Å². The van der Waals surface area contributed by atoms with E-state index in [1.165, 1.54) is 18.6 Å². The van der Waals surface area contributed by atoms with Crippen molar-refractivity contribution in [1.82, 2.24) is 9.97 Å². The van der Waals surface area contributed by atoms with Gasteiger partial charge in [0.2, 0.25) is 0 Å². The lowest BCUT2D eigenvalue weighted by atomic mass is 10.4. The number of nitrogens with zero attached hydrogens (tertiary/aromatic N) is 2. The Morgan fingerprint density at radius 1 is 1.50 bits per heavy atom. The van der Waals surface area contributed by atoms with Crippen LogP contribution in [0.1, 0.15) is 0 Å². The van der Waals surface area contributed by atoms with E-state index in [1.54, 1.807) is 0 Å². The van der Waals surface area contributed by atoms with Crippen LogP contribution in [0.25, 0.3) is 0 Å². The molecular weight excluding hydrogens is 215 g/mol. The number of hydrogen-bond acceptors (Lipinski definition) is 4. The Kier molecular flexibility index (Phi) is 3.70. The summed E-state index contributed by atoms with van der Waals surface area (Å²) in [6.45, 7) is -0.460. The van der Waals surface area contributed by atoms with Crippen LogP contribution < -0.4 is 5.73 Å². The van der Waals surface area contributed by atoms with E-state index in [2.05, 4.69) is 9.97 Å². The minimum atomic E-state index is -4.30. The minimum absolute atomic E-state index is 0.271. The summed E-state index contributed by atoms with van der Waals surface area (Å²) in [5.41, 5.74) is 5.02. The van der Waals surface area contributed by atoms with Crippen LogP contribution in [0.3, 0.4) is 0 Å². The smallest absolute Gasteiger partial charge is 0.329 e. The van der Waals surface area contributed by atoms with Crippen LogP contribution in [0, 0.1) is 0 Å². The molecule has 14 heavy (non-hydrogen) atoms. The van der Waals surface area contributed by atoms with Crippen LogP contribution in [0.4, 0.5) is 13.2 Å². The van der Waals surface area contributed by atoms with Gasteiger partial charge >= 0.3 is 6.18 Å². The average molecular weight is 223 g/mol. The van der Waals surface area contributed by atoms with Gasteiger partial charge in [0.15, 0.2) is 0 Å². The number of nitrogens with two attached hydrogens (primary N) is 1. The number of aromatic nitrogens is 2. The molecule has 7 heteroatoms. The van der Waals surface area contributed by atoms with Crippen LogP contribution in [0.15, 0.2) is 23.6 Å². The Balaban J connectivity index is 2.67. The van der Waals surface area contributed by atoms with Crippen molar-refractivity contribution in [3.8, 4) is 0 Å². The van der Waals surface area contributed by atoms with Gasteiger partial charge in [-0.3, -0.25) is 0 Å². The van der Waals surface area contributed by atoms with E-state index in [0.717, 1.165) is 0 Å². The fourth-order valence-electron chi connectivity index (χ4n) is 0.743. The monoisotopic (exact) mass is 223 g/mol. The minimum Gasteiger partial charge on any atom is -0.329 e. The number of halogens is 3. The van der Waals surface area contributed by atoms with Gasteiger partial charge in [-0.15, -0.1) is 0 Å². The van der Waals surface area contributed by atoms with Crippen molar-refractivity contribution in [2.24, 2.45) is 5.73 Å². The molecule has 78 valence electrons. The van der Waals surface area contributed by atoms with Crippen LogP contribution in [-0.4, -0.2) is 27.9 Å². The van der Waals surface area contributed by atoms with Crippen molar-refractivity contribution in [2.75, 3.05) is 6.54 Å². The molecular formula is C7H8F3N3S. The molecule has 0 aliphatic carbocycles. The second kappa shape index (κ2) is 4.61. The van der Waals surface area contributed by atoms with Gasteiger partial charge in [0.1, 0.15) is 11.6 Å². The second-order valence-electron chi connectivity index (χ2n) is 2.43. The predicted octanol–water partition coefficient (Wildman–Crippen LogP) is 1.46. The van der Waals surface area contributed by atoms with Crippen molar-refractivity contribution in [1.29, 1.82) is 0 Å². The maximum Gasteiger partial charge on any atom is 0.402 e. The molecule has 2 N–H and O–H groups in total. The van der Waals surface area contributed by atoms with Gasteiger partial charge in [0.05, 0.1) is 5.03 Å². The van der Waals surface area contributed by atoms with Crippen molar-refractivity contribution >= 4 is 11.8 Å². The Labute approximate surface area is 82.9 Å². The zero-order valence-corrected chi connectivity index (χ0v) is 7.85. The van der Waals surface area contributed by atoms with Gasteiger partial charge in [0.25, 0.3) is 0 Å². The molecule has 1 unspecified atom stereocenters. The maximum atomic E-state index is 12.3. The van der Waals surface area contributed by atoms with Crippen molar-refractivity contribution < 1.29 is 13.2 Å². The summed E-state index contributed by atoms with van der Waals surface area (Å²) < 4.78 is 36.8. The molecule has 1 aromatic heterocycles. The normalized spacial score (nSPS) is 14.0. The Morgan fingerprint density at radius 3 is 2.64 bits per heavy atom. The fourth-order valence-corrected chi connectivity index (χ4v) is 1.51. The molecule has 1 aromatic rings. The average Bonchev–Trinajstić information content (AvgIpc) is 2.14. The summed E-state index contributed by atoms with van der Waals surface area (Å²) in [5, 5.41) is -1.34. The molecule has 0 spiro atoms. The van der Waals surface area contributed by atoms with Crippen molar-refractivity contribution in [2.45, 2.75) is 16.5 Å². The van der Waals surface area contributed by atoms with E-state index >= 15 is 0 Å². The van der Waals surface area contributed by atoms with Gasteiger partial charge in [-0.25, -0.2) is 9.97 Å². The molecule has 0 saturated carbocycles. The van der Waals surface area contributed by atoms with Crippen LogP contribution in [0.2, 0.25) is 0 Å². The van der Waals surface area contributed by atoms with E-state index in [9.17, 15) is 13.2 Å². The predicted molar refractivity (Wildman–Crippen MR) is 46.8 cm³/mol. The second-order valence-corrected chi connectivity index (χ2v) is 3.65. The lowest BCUT2D eigenvalue weighted by molar-refractivity contribution is -0.126. The quantitative estimate of drug-likeness (QED) is 0.622. The Morgan fingerprint density at radius 2 is 2.21 bits per heavy atom. The van der Waals surface area contributed by atoms with E-state index in [0.29, 0.717) is 11.8 Å². The SMILES string of the molecule is NCC(Sc1ccncn1)C(F)(F)F. The summed E-state index contributed by atoms with van der Waals surface area (Å²) in [6.07, 6.45) is -1.71. The summed E-state index contributed by atoms with van der Waals surface area (Å²) >= 11 is 0.595. The van der Waals surface area contributed by atoms with Gasteiger partial charge in [0, 0.05) is 12.7 Å². The van der Waals surface area contributed by atoms with Crippen LogP contribution in [-0.2, 0) is 0 Å². The van der Waals surface area contributed by atoms with Crippen LogP contribution >= 0.6 is 11.8 Å². The fraction of sp³-hybridized carbons (Fsp3) is 0.429. The van der Waals surface area contributed by atoms with Crippen molar-refractivity contribution in [3.63, 3.8) is 0 Å². The zero-order chi connectivity index (χ0) is 10.6. The molecule has 0 aliphatic heterocycles. The zero-order valence-electron chi connectivity index (χ0n) is 7.03. The molecule has 0 aliphatic rings. The molecule has 1 heterocycles. The van der Waals surface area contributed by atoms with E-state index < -0.39 is 18.0 Å². The Hall–Kier alpha value is -0.820. The highest BCUT2D eigenvalue weighted by molar-refractivity contribution is 8.00. The molecule has 1 atom stereocenters. The molecule has 0 amide bonds. The Bertz CT molecular complexity index is 277. The maximum absolute atomic E-state index is 12.3. The van der Waals surface area contributed by atoms with E-state index in [4.69, 9.17) is 5.73 Å². The number of hydrogen-bond donors (Lipinski definition) is 1. The molecule has 0 aromatic carbocycles. The van der Waals surface area contributed by atoms with Gasteiger partial charge in [-0.1, -0.05) is 11.8 Å². The summed E-state index contributed by atoms with van der Waals surface area (Å²) in [4.78, 5) is 7.28. The first-order chi connectivity index (χ1) is 6.54. The summed E-state index contributed by atoms with van der Waals surface area (Å²) in [7, 11) is 0. The number of thioether (sulfide) groups is 1. The molecule has 0 saturated heterocycles. The molecule has 0 radical (unpaired) electrons. The van der Waals surface area contributed by atoms with Gasteiger partial charge in [-0.2, -0.15) is 13.2 Å². The lowest BCUT2D eigenvalue weighted by Crippen LogP contribution is -2.33. The number of alkyl halides is 3. The number of rotatable bonds is 3. The third-order valence-corrected chi connectivity index (χ3v) is 2.62. The largest absolute Gasteiger partial charge is 0.402 e. The standard InChI is InChI=1S/C7H8F3N3S/c8-7(9,10)5(3-11)14-6-1-2-12-4-13-6/h1-2,4-5H,3,11H2. The third-order valence-electron chi connectivity index (χ3n) is 1.40. The third kappa shape index (κ3) is 3.15. The first-order valence-electron chi connectivity index (χ1n) is 3.73. The molecule has 1 rings (SSSR count). The van der Waals surface area contributed by atoms with E-state index in [1.807, 2.05) is 0 Å².